The van der Waals surface area contributed by atoms with Gasteiger partial charge in [0.15, 0.2) is 0 Å². The smallest absolute Gasteiger partial charge is 0.323 e. The van der Waals surface area contributed by atoms with Crippen LogP contribution >= 0.6 is 0 Å². The van der Waals surface area contributed by atoms with Crippen LogP contribution in [-0.4, -0.2) is 41.6 Å². The number of carbonyl (C=O) groups excluding carboxylic acids is 1. The molecule has 0 atom stereocenters. The second-order valence-corrected chi connectivity index (χ2v) is 4.94. The first-order chi connectivity index (χ1) is 9.43. The number of rotatable bonds is 7. The highest BCUT2D eigenvalue weighted by Crippen LogP contribution is 2.14. The van der Waals surface area contributed by atoms with Crippen molar-refractivity contribution in [3.8, 4) is 5.75 Å². The van der Waals surface area contributed by atoms with Crippen molar-refractivity contribution in [3.63, 3.8) is 0 Å². The fourth-order valence-corrected chi connectivity index (χ4v) is 1.63. The van der Waals surface area contributed by atoms with E-state index in [1.807, 2.05) is 0 Å². The SMILES string of the molecule is CCN(CC(=O)O)C(=O)c1ccc(OCC(C)C)cc1. The summed E-state index contributed by atoms with van der Waals surface area (Å²) in [5, 5.41) is 8.76. The van der Waals surface area contributed by atoms with Gasteiger partial charge >= 0.3 is 5.97 Å². The predicted octanol–water partition coefficient (Wildman–Crippen LogP) is 2.27. The van der Waals surface area contributed by atoms with Gasteiger partial charge in [0, 0.05) is 12.1 Å². The molecule has 0 bridgehead atoms. The van der Waals surface area contributed by atoms with E-state index in [2.05, 4.69) is 13.8 Å². The largest absolute Gasteiger partial charge is 0.493 e. The average molecular weight is 279 g/mol. The molecule has 1 rings (SSSR count). The third-order valence-corrected chi connectivity index (χ3v) is 2.68. The Balaban J connectivity index is 2.71. The molecule has 1 N–H and O–H groups in total. The van der Waals surface area contributed by atoms with Gasteiger partial charge in [0.2, 0.25) is 0 Å². The van der Waals surface area contributed by atoms with Crippen molar-refractivity contribution in [2.45, 2.75) is 20.8 Å². The van der Waals surface area contributed by atoms with Gasteiger partial charge in [-0.15, -0.1) is 0 Å². The third-order valence-electron chi connectivity index (χ3n) is 2.68. The van der Waals surface area contributed by atoms with Crippen molar-refractivity contribution in [2.75, 3.05) is 19.7 Å². The summed E-state index contributed by atoms with van der Waals surface area (Å²) >= 11 is 0. The molecule has 0 aliphatic rings. The monoisotopic (exact) mass is 279 g/mol. The molecule has 0 saturated heterocycles. The maximum atomic E-state index is 12.1. The van der Waals surface area contributed by atoms with E-state index in [0.29, 0.717) is 30.4 Å². The van der Waals surface area contributed by atoms with E-state index in [1.54, 1.807) is 31.2 Å². The van der Waals surface area contributed by atoms with Crippen LogP contribution in [0.1, 0.15) is 31.1 Å². The average Bonchev–Trinajstić information content (AvgIpc) is 2.42. The molecule has 0 fully saturated rings. The highest BCUT2D eigenvalue weighted by molar-refractivity contribution is 5.95. The minimum Gasteiger partial charge on any atom is -0.493 e. The number of carboxylic acid groups (broad SMARTS) is 1. The number of ether oxygens (including phenoxy) is 1. The molecule has 0 aliphatic carbocycles. The molecule has 0 unspecified atom stereocenters. The fourth-order valence-electron chi connectivity index (χ4n) is 1.63. The molecule has 1 aromatic rings. The molecule has 0 aromatic heterocycles. The van der Waals surface area contributed by atoms with Crippen molar-refractivity contribution in [3.05, 3.63) is 29.8 Å². The summed E-state index contributed by atoms with van der Waals surface area (Å²) in [5.74, 6) is -0.165. The Morgan fingerprint density at radius 1 is 1.25 bits per heavy atom. The first kappa shape index (κ1) is 16.0. The maximum Gasteiger partial charge on any atom is 0.323 e. The third kappa shape index (κ3) is 4.91. The quantitative estimate of drug-likeness (QED) is 0.831. The zero-order valence-corrected chi connectivity index (χ0v) is 12.1. The van der Waals surface area contributed by atoms with Crippen molar-refractivity contribution in [2.24, 2.45) is 5.92 Å². The van der Waals surface area contributed by atoms with E-state index >= 15 is 0 Å². The lowest BCUT2D eigenvalue weighted by molar-refractivity contribution is -0.137. The van der Waals surface area contributed by atoms with Crippen molar-refractivity contribution >= 4 is 11.9 Å². The number of nitrogens with zero attached hydrogens (tertiary/aromatic N) is 1. The van der Waals surface area contributed by atoms with E-state index in [1.165, 1.54) is 4.90 Å². The summed E-state index contributed by atoms with van der Waals surface area (Å²) in [5.41, 5.74) is 0.463. The first-order valence-electron chi connectivity index (χ1n) is 6.68. The van der Waals surface area contributed by atoms with Crippen LogP contribution < -0.4 is 4.74 Å². The fraction of sp³-hybridized carbons (Fsp3) is 0.467. The van der Waals surface area contributed by atoms with Gasteiger partial charge in [-0.2, -0.15) is 0 Å². The second-order valence-electron chi connectivity index (χ2n) is 4.94. The first-order valence-corrected chi connectivity index (χ1v) is 6.68. The Morgan fingerprint density at radius 3 is 2.30 bits per heavy atom. The standard InChI is InChI=1S/C15H21NO4/c1-4-16(9-14(17)18)15(19)12-5-7-13(8-6-12)20-10-11(2)3/h5-8,11H,4,9-10H2,1-3H3,(H,17,18). The van der Waals surface area contributed by atoms with Gasteiger partial charge < -0.3 is 14.7 Å². The van der Waals surface area contributed by atoms with Crippen LogP contribution in [0.2, 0.25) is 0 Å². The van der Waals surface area contributed by atoms with Crippen LogP contribution in [0.4, 0.5) is 0 Å². The number of carboxylic acids is 1. The van der Waals surface area contributed by atoms with Crippen molar-refractivity contribution in [1.29, 1.82) is 0 Å². The van der Waals surface area contributed by atoms with E-state index in [9.17, 15) is 9.59 Å². The lowest BCUT2D eigenvalue weighted by Crippen LogP contribution is -2.35. The predicted molar refractivity (Wildman–Crippen MR) is 76.0 cm³/mol. The topological polar surface area (TPSA) is 66.8 Å². The summed E-state index contributed by atoms with van der Waals surface area (Å²) in [6.45, 7) is 6.55. The molecule has 5 nitrogen and oxygen atoms in total. The Morgan fingerprint density at radius 2 is 1.85 bits per heavy atom. The molecule has 0 heterocycles. The summed E-state index contributed by atoms with van der Waals surface area (Å²) in [6.07, 6.45) is 0. The Hall–Kier alpha value is -2.04. The zero-order valence-electron chi connectivity index (χ0n) is 12.1. The molecule has 1 aromatic carbocycles. The van der Waals surface area contributed by atoms with E-state index in [0.717, 1.165) is 0 Å². The van der Waals surface area contributed by atoms with Crippen LogP contribution in [0.25, 0.3) is 0 Å². The number of hydrogen-bond acceptors (Lipinski definition) is 3. The Kier molecular flexibility index (Phi) is 6.03. The van der Waals surface area contributed by atoms with Crippen molar-refractivity contribution < 1.29 is 19.4 Å². The van der Waals surface area contributed by atoms with Gasteiger partial charge in [0.05, 0.1) is 6.61 Å². The van der Waals surface area contributed by atoms with Crippen molar-refractivity contribution in [1.82, 2.24) is 4.90 Å². The van der Waals surface area contributed by atoms with Gasteiger partial charge in [0.1, 0.15) is 12.3 Å². The molecule has 5 heteroatoms. The van der Waals surface area contributed by atoms with E-state index in [4.69, 9.17) is 9.84 Å². The van der Waals surface area contributed by atoms with Crippen LogP contribution in [0.5, 0.6) is 5.75 Å². The molecular weight excluding hydrogens is 258 g/mol. The van der Waals surface area contributed by atoms with Crippen LogP contribution in [-0.2, 0) is 4.79 Å². The zero-order chi connectivity index (χ0) is 15.1. The molecule has 0 saturated carbocycles. The normalized spacial score (nSPS) is 10.4. The number of aliphatic carboxylic acids is 1. The van der Waals surface area contributed by atoms with E-state index in [-0.39, 0.29) is 12.5 Å². The summed E-state index contributed by atoms with van der Waals surface area (Å²) < 4.78 is 5.53. The van der Waals surface area contributed by atoms with Gasteiger partial charge in [-0.1, -0.05) is 13.8 Å². The highest BCUT2D eigenvalue weighted by atomic mass is 16.5. The molecule has 20 heavy (non-hydrogen) atoms. The van der Waals surface area contributed by atoms with Crippen LogP contribution in [0, 0.1) is 5.92 Å². The molecule has 1 amide bonds. The molecule has 0 spiro atoms. The van der Waals surface area contributed by atoms with Crippen LogP contribution in [0.15, 0.2) is 24.3 Å². The summed E-state index contributed by atoms with van der Waals surface area (Å²) in [4.78, 5) is 24.1. The highest BCUT2D eigenvalue weighted by Gasteiger charge is 2.16. The molecule has 0 radical (unpaired) electrons. The van der Waals surface area contributed by atoms with Crippen LogP contribution in [0.3, 0.4) is 0 Å². The number of amides is 1. The van der Waals surface area contributed by atoms with Gasteiger partial charge in [-0.3, -0.25) is 9.59 Å². The minimum absolute atomic E-state index is 0.287. The maximum absolute atomic E-state index is 12.1. The lowest BCUT2D eigenvalue weighted by atomic mass is 10.2. The van der Waals surface area contributed by atoms with Gasteiger partial charge in [0.25, 0.3) is 5.91 Å². The Labute approximate surface area is 119 Å². The second kappa shape index (κ2) is 7.53. The summed E-state index contributed by atoms with van der Waals surface area (Å²) in [6, 6.07) is 6.76. The molecular formula is C15H21NO4. The van der Waals surface area contributed by atoms with Gasteiger partial charge in [-0.05, 0) is 37.1 Å². The Bertz CT molecular complexity index is 453. The number of hydrogen-bond donors (Lipinski definition) is 1. The number of benzene rings is 1. The van der Waals surface area contributed by atoms with E-state index < -0.39 is 5.97 Å². The minimum atomic E-state index is -1.02. The summed E-state index contributed by atoms with van der Waals surface area (Å²) in [7, 11) is 0. The lowest BCUT2D eigenvalue weighted by Gasteiger charge is -2.18. The molecule has 110 valence electrons. The molecule has 0 aliphatic heterocycles. The number of carbonyl (C=O) groups is 2. The van der Waals surface area contributed by atoms with Gasteiger partial charge in [-0.25, -0.2) is 0 Å². The number of likely N-dealkylation sites (N-methyl/N-ethyl adjacent to an activating group) is 1.